The van der Waals surface area contributed by atoms with Gasteiger partial charge in [-0.2, -0.15) is 0 Å². The van der Waals surface area contributed by atoms with Gasteiger partial charge in [-0.25, -0.2) is 0 Å². The number of para-hydroxylation sites is 10. The smallest absolute Gasteiger partial charge is 0.148 e. The van der Waals surface area contributed by atoms with E-state index in [1.807, 2.05) is 148 Å². The van der Waals surface area contributed by atoms with Crippen LogP contribution in [0.25, 0.3) is 141 Å². The van der Waals surface area contributed by atoms with Gasteiger partial charge in [-0.15, -0.1) is 38.5 Å². The summed E-state index contributed by atoms with van der Waals surface area (Å²) in [6.45, 7) is 45.4. The van der Waals surface area contributed by atoms with Crippen molar-refractivity contribution in [1.29, 1.82) is 0 Å². The molecule has 736 valence electrons. The summed E-state index contributed by atoms with van der Waals surface area (Å²) in [5.41, 5.74) is 17.7. The average Bonchev–Trinajstić information content (AvgIpc) is 1.63. The van der Waals surface area contributed by atoms with Crippen LogP contribution in [-0.2, 0) is 32.7 Å². The van der Waals surface area contributed by atoms with Gasteiger partial charge >= 0.3 is 0 Å². The standard InChI is InChI=1S/C16H16O.5C15H11N.2C13H14.C9H12.C3H8.5C2H6/c1-4-9-17-16-8-7-14-10-13(12(2)3)5-6-15(14)11-16;5*1-2-11-16-14-9-5-3-7-12(14)13-8-4-6-10-15(13)16;1-10(2)12-9-5-7-11-6-3-4-8-13(11)12;1-10(2)12-8-7-11-5-3-4-6-13(11)9-12;1-8(2)9-6-4-3-5-7-9;1-3-2;5*1-2/h1,5-8,10-12H,9H2,2-3H3;5*1,3-10H,11H2;2*3-10H,1-2H3;3-8H,1-2H3;3H2,1-2H3;5*1-2H3. The predicted molar refractivity (Wildman–Crippen MR) is 643 cm³/mol. The molecule has 6 heteroatoms. The second-order valence-electron chi connectivity index (χ2n) is 34.3. The Morgan fingerprint density at radius 2 is 0.414 bits per heavy atom. The third-order valence-electron chi connectivity index (χ3n) is 23.8. The van der Waals surface area contributed by atoms with Crippen LogP contribution in [0, 0.1) is 74.1 Å². The molecule has 17 aromatic carbocycles. The van der Waals surface area contributed by atoms with Crippen molar-refractivity contribution in [3.63, 3.8) is 0 Å². The van der Waals surface area contributed by atoms with Gasteiger partial charge in [0.2, 0.25) is 0 Å². The van der Waals surface area contributed by atoms with E-state index < -0.39 is 0 Å². The Balaban J connectivity index is 0.000000197. The van der Waals surface area contributed by atoms with Gasteiger partial charge in [0, 0.05) is 109 Å². The predicted octanol–water partition coefficient (Wildman–Crippen LogP) is 38.4. The van der Waals surface area contributed by atoms with E-state index in [9.17, 15) is 0 Å². The first kappa shape index (κ1) is 114. The van der Waals surface area contributed by atoms with E-state index in [2.05, 4.69) is 443 Å². The van der Waals surface area contributed by atoms with Gasteiger partial charge in [-0.3, -0.25) is 0 Å². The first-order valence-electron chi connectivity index (χ1n) is 51.6. The molecule has 0 radical (unpaired) electrons. The molecule has 0 amide bonds. The zero-order valence-corrected chi connectivity index (χ0v) is 89.4. The van der Waals surface area contributed by atoms with E-state index in [0.29, 0.717) is 63.0 Å². The lowest BCUT2D eigenvalue weighted by atomic mass is 9.96. The molecule has 0 saturated carbocycles. The fourth-order valence-electron chi connectivity index (χ4n) is 17.3. The second-order valence-corrected chi connectivity index (χ2v) is 34.3. The van der Waals surface area contributed by atoms with Gasteiger partial charge in [-0.05, 0) is 151 Å². The summed E-state index contributed by atoms with van der Waals surface area (Å²) in [6.07, 6.45) is 33.6. The highest BCUT2D eigenvalue weighted by molar-refractivity contribution is 6.12. The molecule has 0 aliphatic heterocycles. The maximum Gasteiger partial charge on any atom is 0.148 e. The number of benzene rings is 17. The highest BCUT2D eigenvalue weighted by atomic mass is 16.5. The first-order valence-corrected chi connectivity index (χ1v) is 51.6. The molecule has 6 nitrogen and oxygen atoms in total. The van der Waals surface area contributed by atoms with Crippen LogP contribution in [0.15, 0.2) is 394 Å². The average molecular weight is 1910 g/mol. The highest BCUT2D eigenvalue weighted by Gasteiger charge is 2.15. The van der Waals surface area contributed by atoms with Crippen molar-refractivity contribution < 1.29 is 4.74 Å². The number of rotatable bonds is 11. The number of aromatic nitrogens is 5. The third kappa shape index (κ3) is 29.9. The molecule has 0 aliphatic rings. The Bertz CT molecular complexity index is 7000. The van der Waals surface area contributed by atoms with Crippen LogP contribution >= 0.6 is 0 Å². The van der Waals surface area contributed by atoms with Crippen LogP contribution < -0.4 is 4.74 Å². The van der Waals surface area contributed by atoms with E-state index in [4.69, 9.17) is 43.3 Å². The number of nitrogens with zero attached hydrogens (tertiary/aromatic N) is 5. The molecule has 0 atom stereocenters. The van der Waals surface area contributed by atoms with Crippen molar-refractivity contribution in [2.24, 2.45) is 0 Å². The summed E-state index contributed by atoms with van der Waals surface area (Å²) >= 11 is 0. The van der Waals surface area contributed by atoms with Crippen molar-refractivity contribution >= 4 is 141 Å². The van der Waals surface area contributed by atoms with E-state index in [0.717, 1.165) is 5.75 Å². The minimum atomic E-state index is 0.315. The summed E-state index contributed by atoms with van der Waals surface area (Å²) < 4.78 is 16.3. The SMILES string of the molecule is C#CCOc1ccc2cc(C(C)C)ccc2c1.C#CCn1c2ccccc2c2ccccc21.C#CCn1c2ccccc2c2ccccc21.C#CCn1c2ccccc2c2ccccc21.C#CCn1c2ccccc2c2ccccc21.C#CCn1c2ccccc2c2ccccc21.CC.CC.CC.CC.CC.CC(C)c1ccc2ccccc2c1.CC(C)c1cccc2ccccc12.CC(C)c1ccccc1.CCC. The minimum absolute atomic E-state index is 0.315. The maximum atomic E-state index is 5.43. The zero-order valence-electron chi connectivity index (χ0n) is 89.4. The summed E-state index contributed by atoms with van der Waals surface area (Å²) in [6, 6.07) is 137. The molecule has 22 rings (SSSR count). The van der Waals surface area contributed by atoms with Gasteiger partial charge in [0.1, 0.15) is 12.4 Å². The Morgan fingerprint density at radius 1 is 0.200 bits per heavy atom. The molecule has 0 unspecified atom stereocenters. The van der Waals surface area contributed by atoms with E-state index in [1.165, 1.54) is 170 Å². The molecular formula is C139H149N5O. The van der Waals surface area contributed by atoms with Crippen LogP contribution in [0.1, 0.15) is 191 Å². The molecule has 0 spiro atoms. The van der Waals surface area contributed by atoms with Crippen LogP contribution in [0.2, 0.25) is 0 Å². The first-order chi connectivity index (χ1) is 71.1. The Hall–Kier alpha value is -16.3. The third-order valence-corrected chi connectivity index (χ3v) is 23.8. The lowest BCUT2D eigenvalue weighted by Gasteiger charge is -2.08. The van der Waals surface area contributed by atoms with Crippen LogP contribution in [0.3, 0.4) is 0 Å². The Labute approximate surface area is 867 Å². The van der Waals surface area contributed by atoms with Crippen molar-refractivity contribution in [2.45, 2.75) is 201 Å². The fraction of sp³-hybridized carbons (Fsp3) is 0.223. The van der Waals surface area contributed by atoms with Gasteiger partial charge in [0.05, 0.1) is 32.7 Å². The van der Waals surface area contributed by atoms with Crippen LogP contribution in [0.5, 0.6) is 5.75 Å². The Morgan fingerprint density at radius 3 is 0.669 bits per heavy atom. The van der Waals surface area contributed by atoms with Gasteiger partial charge in [0.25, 0.3) is 0 Å². The lowest BCUT2D eigenvalue weighted by molar-refractivity contribution is 0.371. The number of fused-ring (bicyclic) bond motifs is 18. The molecule has 0 aliphatic carbocycles. The summed E-state index contributed by atoms with van der Waals surface area (Å²) in [5, 5.41) is 20.5. The zero-order chi connectivity index (χ0) is 105. The number of terminal acetylenes is 6. The molecule has 0 bridgehead atoms. The molecule has 145 heavy (non-hydrogen) atoms. The number of ether oxygens (including phenoxy) is 1. The highest BCUT2D eigenvalue weighted by Crippen LogP contribution is 2.36. The van der Waals surface area contributed by atoms with Crippen molar-refractivity contribution in [2.75, 3.05) is 6.61 Å². The van der Waals surface area contributed by atoms with Crippen LogP contribution in [-0.4, -0.2) is 29.4 Å². The van der Waals surface area contributed by atoms with E-state index in [1.54, 1.807) is 0 Å². The number of hydrogen-bond donors (Lipinski definition) is 0. The van der Waals surface area contributed by atoms with Crippen molar-refractivity contribution in [3.8, 4) is 79.8 Å². The molecule has 0 fully saturated rings. The largest absolute Gasteiger partial charge is 0.481 e. The monoisotopic (exact) mass is 1900 g/mol. The molecule has 22 aromatic rings. The number of hydrogen-bond acceptors (Lipinski definition) is 1. The lowest BCUT2D eigenvalue weighted by Crippen LogP contribution is -1.93. The summed E-state index contributed by atoms with van der Waals surface area (Å²) in [4.78, 5) is 0. The Kier molecular flexibility index (Phi) is 48.3. The fourth-order valence-corrected chi connectivity index (χ4v) is 17.3. The molecule has 0 N–H and O–H groups in total. The summed E-state index contributed by atoms with van der Waals surface area (Å²) in [7, 11) is 0. The second kappa shape index (κ2) is 61.4. The van der Waals surface area contributed by atoms with E-state index in [-0.39, 0.29) is 0 Å². The molecule has 0 saturated heterocycles. The molecule has 5 aromatic heterocycles. The topological polar surface area (TPSA) is 33.9 Å². The van der Waals surface area contributed by atoms with Gasteiger partial charge < -0.3 is 27.6 Å². The summed E-state index contributed by atoms with van der Waals surface area (Å²) in [5.74, 6) is 19.3. The van der Waals surface area contributed by atoms with E-state index >= 15 is 0 Å². The van der Waals surface area contributed by atoms with Crippen molar-refractivity contribution in [1.82, 2.24) is 22.8 Å². The molecular weight excluding hydrogens is 1760 g/mol. The molecule has 5 heterocycles. The van der Waals surface area contributed by atoms with Crippen molar-refractivity contribution in [3.05, 3.63) is 417 Å². The maximum absolute atomic E-state index is 5.43. The minimum Gasteiger partial charge on any atom is -0.481 e. The quantitative estimate of drug-likeness (QED) is 0.119. The van der Waals surface area contributed by atoms with Gasteiger partial charge in [0.15, 0.2) is 0 Å². The van der Waals surface area contributed by atoms with Gasteiger partial charge in [-0.1, -0.05) is 502 Å². The van der Waals surface area contributed by atoms with Crippen LogP contribution in [0.4, 0.5) is 0 Å². The normalized spacial score (nSPS) is 10.1.